The van der Waals surface area contributed by atoms with Gasteiger partial charge in [-0.05, 0) is 224 Å². The fourth-order valence-electron chi connectivity index (χ4n) is 13.7. The number of rotatable bonds is 34. The maximum atomic E-state index is 5.85. The van der Waals surface area contributed by atoms with E-state index in [1.807, 2.05) is 121 Å². The van der Waals surface area contributed by atoms with Crippen LogP contribution < -0.4 is 0 Å². The van der Waals surface area contributed by atoms with Crippen molar-refractivity contribution in [3.05, 3.63) is 269 Å². The first-order valence-electron chi connectivity index (χ1n) is 47.8. The number of hydrogen-bond acceptors (Lipinski definition) is 30. The lowest BCUT2D eigenvalue weighted by molar-refractivity contribution is 0.177. The van der Waals surface area contributed by atoms with Crippen LogP contribution in [0.2, 0.25) is 15.6 Å². The second-order valence-electron chi connectivity index (χ2n) is 32.6. The van der Waals surface area contributed by atoms with E-state index in [4.69, 9.17) is 86.9 Å². The van der Waals surface area contributed by atoms with E-state index in [1.54, 1.807) is 90.6 Å². The Morgan fingerprint density at radius 3 is 0.979 bits per heavy atom. The smallest absolute Gasteiger partial charge is 0.222 e. The van der Waals surface area contributed by atoms with E-state index in [0.29, 0.717) is 94.2 Å². The topological polar surface area (TPSA) is 346 Å². The minimum Gasteiger partial charge on any atom is -0.380 e. The van der Waals surface area contributed by atoms with E-state index in [9.17, 15) is 0 Å². The fourth-order valence-corrected chi connectivity index (χ4v) is 14.3. The Hall–Kier alpha value is -9.48. The average molecular weight is 2000 g/mol. The first kappa shape index (κ1) is 129. The van der Waals surface area contributed by atoms with Gasteiger partial charge in [0.05, 0.1) is 145 Å². The highest BCUT2D eigenvalue weighted by molar-refractivity contribution is 6.30. The Kier molecular flexibility index (Phi) is 67.5. The first-order valence-corrected chi connectivity index (χ1v) is 49.0. The summed E-state index contributed by atoms with van der Waals surface area (Å²) in [5, 5.41) is 1.28. The molecule has 0 aromatic carbocycles. The summed E-state index contributed by atoms with van der Waals surface area (Å²) in [7, 11) is 18.4. The molecule has 0 radical (unpaired) electrons. The van der Waals surface area contributed by atoms with Gasteiger partial charge in [-0.15, -0.1) is 0 Å². The van der Waals surface area contributed by atoms with Gasteiger partial charge in [-0.25, -0.2) is 49.8 Å². The maximum absolute atomic E-state index is 5.85. The molecule has 11 rings (SSSR count). The maximum Gasteiger partial charge on any atom is 0.222 e. The van der Waals surface area contributed by atoms with Crippen LogP contribution in [0.5, 0.6) is 0 Å². The second kappa shape index (κ2) is 73.6. The normalized spacial score (nSPS) is 10.4. The van der Waals surface area contributed by atoms with Crippen LogP contribution in [0.3, 0.4) is 0 Å². The zero-order chi connectivity index (χ0) is 106. The molecule has 0 saturated carbocycles. The molecule has 140 heavy (non-hydrogen) atoms. The van der Waals surface area contributed by atoms with Gasteiger partial charge in [0, 0.05) is 176 Å². The summed E-state index contributed by atoms with van der Waals surface area (Å²) in [5.41, 5.74) is 34.6. The Bertz CT molecular complexity index is 5070. The van der Waals surface area contributed by atoms with Gasteiger partial charge in [-0.1, -0.05) is 119 Å². The van der Waals surface area contributed by atoms with Crippen LogP contribution in [-0.2, 0) is 195 Å². The van der Waals surface area contributed by atoms with E-state index in [1.165, 1.54) is 33.4 Å². The van der Waals surface area contributed by atoms with Crippen molar-refractivity contribution in [3.63, 3.8) is 0 Å². The van der Waals surface area contributed by atoms with Crippen LogP contribution in [0, 0.1) is 90.0 Å². The van der Waals surface area contributed by atoms with E-state index in [2.05, 4.69) is 190 Å². The van der Waals surface area contributed by atoms with Gasteiger partial charge < -0.3 is 52.1 Å². The quantitative estimate of drug-likeness (QED) is 0.0338. The molecule has 774 valence electrons. The minimum atomic E-state index is 0.314. The van der Waals surface area contributed by atoms with Gasteiger partial charge in [-0.2, -0.15) is 0 Å². The van der Waals surface area contributed by atoms with Crippen LogP contribution >= 0.6 is 34.8 Å². The molecule has 11 heterocycles. The number of halogens is 3. The SMILES string of the molecule is CCc1c(C)ccnc1COC.CCc1cc(C)c(C)nc1COC.CCc1cc(C)nc(C)c1COC.CCc1cc(C)nc(COC)n1.CCc1cc(C)nc(COC)n1.CCc1nc(C(C)C)nc(C)c1COC.CCc1nc(Cl)c(C)nc1COC.CCc1nc(Cl)c(C)nc1COC.CCc1nc(Cl)nc(C)c1COC.CCc1ncc(C)nc1COC.CCc1ncc(C)nc1COC. The summed E-state index contributed by atoms with van der Waals surface area (Å²) in [5.74, 6) is 2.86. The molecular weight excluding hydrogens is 1830 g/mol. The van der Waals surface area contributed by atoms with Crippen LogP contribution in [0.1, 0.15) is 300 Å². The second-order valence-corrected chi connectivity index (χ2v) is 33.6. The average Bonchev–Trinajstić information content (AvgIpc) is 0.815. The van der Waals surface area contributed by atoms with Gasteiger partial charge in [-0.3, -0.25) is 44.9 Å². The van der Waals surface area contributed by atoms with Crippen LogP contribution in [0.25, 0.3) is 0 Å². The molecule has 33 heteroatoms. The Morgan fingerprint density at radius 2 is 0.600 bits per heavy atom. The number of methoxy groups -OCH3 is 11. The Morgan fingerprint density at radius 1 is 0.243 bits per heavy atom. The van der Waals surface area contributed by atoms with Crippen LogP contribution in [0.4, 0.5) is 0 Å². The summed E-state index contributed by atoms with van der Waals surface area (Å²) in [6.07, 6.45) is 15.6. The van der Waals surface area contributed by atoms with E-state index in [0.717, 1.165) is 242 Å². The summed E-state index contributed by atoms with van der Waals surface area (Å²) in [4.78, 5) is 81.9. The van der Waals surface area contributed by atoms with Crippen LogP contribution in [0.15, 0.2) is 48.9 Å². The van der Waals surface area contributed by atoms with Gasteiger partial charge in [0.25, 0.3) is 0 Å². The Balaban J connectivity index is 0.000000770. The molecule has 30 nitrogen and oxygen atoms in total. The molecule has 11 aromatic heterocycles. The van der Waals surface area contributed by atoms with Gasteiger partial charge >= 0.3 is 0 Å². The van der Waals surface area contributed by atoms with Crippen molar-refractivity contribution in [2.24, 2.45) is 0 Å². The van der Waals surface area contributed by atoms with Crippen molar-refractivity contribution in [2.75, 3.05) is 78.2 Å². The molecule has 0 bridgehead atoms. The number of aryl methyl sites for hydroxylation is 23. The van der Waals surface area contributed by atoms with E-state index >= 15 is 0 Å². The predicted molar refractivity (Wildman–Crippen MR) is 561 cm³/mol. The lowest BCUT2D eigenvalue weighted by atomic mass is 10.0. The summed E-state index contributed by atoms with van der Waals surface area (Å²) in [6.45, 7) is 59.1. The zero-order valence-electron chi connectivity index (χ0n) is 91.4. The summed E-state index contributed by atoms with van der Waals surface area (Å²) in [6, 6.07) is 10.4. The molecule has 0 atom stereocenters. The molecule has 0 aliphatic carbocycles. The highest BCUT2D eigenvalue weighted by Crippen LogP contribution is 2.23. The third-order valence-corrected chi connectivity index (χ3v) is 21.8. The summed E-state index contributed by atoms with van der Waals surface area (Å²) >= 11 is 17.4. The number of pyridine rings is 3. The third-order valence-electron chi connectivity index (χ3n) is 21.0. The standard InChI is InChI=1S/C12H20N2O.2C11H17NO.C10H15NO.3C9H13ClN2O.4C9H14N2O/c1-6-11-10(7-15-5)9(4)13-12(14-11)8(2)3;1-5-10-6-8(2)12-9(3)11(10)7-13-4;1-5-10-6-8(2)9(3)12-11(10)7-13-4;1-4-9-8(2)5-6-11-10(9)7-12-3;1-4-8-7(5-13-3)6(2)11-9(10)12-8;2*1-4-7-8(5-13-3)11-6(2)9(10)12-7;2*1-4-8-9(6-12-3)11-7(2)5-10-8;2*1-4-8-5-7(2)10-9(11-8)6-12-3/h8H,6-7H2,1-5H3;2*6H,5,7H2,1-4H3;5-6H,4,7H2,1-3H3;3*4-5H2,1-3H3;4*5H,4,6H2,1-3H3. The van der Waals surface area contributed by atoms with Crippen molar-refractivity contribution in [2.45, 2.75) is 329 Å². The highest BCUT2D eigenvalue weighted by atomic mass is 35.5. The molecule has 0 aliphatic rings. The van der Waals surface area contributed by atoms with Crippen molar-refractivity contribution >= 4 is 34.8 Å². The Labute approximate surface area is 852 Å². The van der Waals surface area contributed by atoms with Gasteiger partial charge in [0.1, 0.15) is 19.0 Å². The van der Waals surface area contributed by atoms with E-state index < -0.39 is 0 Å². The van der Waals surface area contributed by atoms with Gasteiger partial charge in [0.2, 0.25) is 5.28 Å². The van der Waals surface area contributed by atoms with Crippen LogP contribution in [-0.4, -0.2) is 173 Å². The molecular formula is C107H164Cl3N19O11. The molecule has 0 fully saturated rings. The molecule has 0 saturated heterocycles. The minimum absolute atomic E-state index is 0.314. The number of nitrogens with zero attached hydrogens (tertiary/aromatic N) is 19. The molecule has 11 aromatic rings. The lowest BCUT2D eigenvalue weighted by Gasteiger charge is -2.13. The van der Waals surface area contributed by atoms with Crippen molar-refractivity contribution in [1.29, 1.82) is 0 Å². The molecule has 0 amide bonds. The van der Waals surface area contributed by atoms with E-state index in [-0.39, 0.29) is 0 Å². The molecule has 0 aliphatic heterocycles. The predicted octanol–water partition coefficient (Wildman–Crippen LogP) is 21.9. The third kappa shape index (κ3) is 47.6. The monoisotopic (exact) mass is 2000 g/mol. The van der Waals surface area contributed by atoms with Crippen molar-refractivity contribution in [3.8, 4) is 0 Å². The van der Waals surface area contributed by atoms with Gasteiger partial charge in [0.15, 0.2) is 22.0 Å². The molecule has 0 unspecified atom stereocenters. The lowest BCUT2D eigenvalue weighted by Crippen LogP contribution is -2.09. The number of hydrogen-bond donors (Lipinski definition) is 0. The molecule has 0 spiro atoms. The van der Waals surface area contributed by atoms with Crippen molar-refractivity contribution < 1.29 is 52.1 Å². The number of aromatic nitrogens is 19. The number of ether oxygens (including phenoxy) is 11. The molecule has 0 N–H and O–H groups in total. The van der Waals surface area contributed by atoms with Crippen molar-refractivity contribution in [1.82, 2.24) is 94.7 Å². The largest absolute Gasteiger partial charge is 0.380 e. The summed E-state index contributed by atoms with van der Waals surface area (Å²) < 4.78 is 55.6. The zero-order valence-corrected chi connectivity index (χ0v) is 93.6. The fraction of sp³-hybridized carbons (Fsp3) is 0.561. The first-order chi connectivity index (χ1) is 66.9. The highest BCUT2D eigenvalue weighted by Gasteiger charge is 2.17.